The van der Waals surface area contributed by atoms with Gasteiger partial charge in [0.1, 0.15) is 0 Å². The van der Waals surface area contributed by atoms with Gasteiger partial charge in [0.25, 0.3) is 0 Å². The van der Waals surface area contributed by atoms with Crippen LogP contribution in [-0.4, -0.2) is 0 Å². The molecule has 0 N–H and O–H groups in total. The average Bonchev–Trinajstić information content (AvgIpc) is 3.31. The van der Waals surface area contributed by atoms with Gasteiger partial charge in [-0.2, -0.15) is 0 Å². The number of rotatable bonds is 3. The van der Waals surface area contributed by atoms with Crippen LogP contribution in [0.3, 0.4) is 0 Å². The SMILES string of the molecule is C1=CC(C(c2cccc3c2Cc2ccccc2-3)C2CC=CCC2)C=C1.[Cl-].[Cl-].[Zr+2]. The van der Waals surface area contributed by atoms with Crippen molar-refractivity contribution in [2.45, 2.75) is 31.6 Å². The smallest absolute Gasteiger partial charge is 1.00 e. The number of fused-ring (bicyclic) bond motifs is 3. The van der Waals surface area contributed by atoms with Gasteiger partial charge in [0.05, 0.1) is 0 Å². The molecule has 0 amide bonds. The molecule has 2 aromatic rings. The first kappa shape index (κ1) is 23.4. The van der Waals surface area contributed by atoms with Crippen LogP contribution in [0.2, 0.25) is 0 Å². The fourth-order valence-corrected chi connectivity index (χ4v) is 5.10. The maximum atomic E-state index is 2.41. The van der Waals surface area contributed by atoms with Crippen molar-refractivity contribution < 1.29 is 51.0 Å². The third-order valence-corrected chi connectivity index (χ3v) is 6.26. The van der Waals surface area contributed by atoms with E-state index in [1.54, 1.807) is 11.1 Å². The van der Waals surface area contributed by atoms with E-state index in [4.69, 9.17) is 0 Å². The third kappa shape index (κ3) is 4.18. The molecule has 2 atom stereocenters. The molecule has 0 saturated heterocycles. The molecule has 0 bridgehead atoms. The van der Waals surface area contributed by atoms with Gasteiger partial charge in [0.15, 0.2) is 0 Å². The molecule has 0 spiro atoms. The third-order valence-electron chi connectivity index (χ3n) is 6.26. The molecule has 0 radical (unpaired) electrons. The summed E-state index contributed by atoms with van der Waals surface area (Å²) in [7, 11) is 0. The van der Waals surface area contributed by atoms with Gasteiger partial charge in [0.2, 0.25) is 0 Å². The van der Waals surface area contributed by atoms with Gasteiger partial charge in [-0.3, -0.25) is 0 Å². The van der Waals surface area contributed by atoms with Gasteiger partial charge in [-0.25, -0.2) is 0 Å². The van der Waals surface area contributed by atoms with E-state index in [9.17, 15) is 0 Å². The van der Waals surface area contributed by atoms with Crippen molar-refractivity contribution in [1.82, 2.24) is 0 Å². The molecule has 0 aliphatic heterocycles. The largest absolute Gasteiger partial charge is 2.00 e. The zero-order valence-corrected chi connectivity index (χ0v) is 19.8. The molecule has 0 saturated carbocycles. The zero-order chi connectivity index (χ0) is 16.6. The molecule has 28 heavy (non-hydrogen) atoms. The predicted octanol–water partition coefficient (Wildman–Crippen LogP) is 0.445. The van der Waals surface area contributed by atoms with Crippen LogP contribution in [-0.2, 0) is 32.6 Å². The molecule has 142 valence electrons. The molecule has 3 aliphatic rings. The Labute approximate surface area is 200 Å². The van der Waals surface area contributed by atoms with E-state index < -0.39 is 0 Å². The van der Waals surface area contributed by atoms with Crippen LogP contribution >= 0.6 is 0 Å². The van der Waals surface area contributed by atoms with Gasteiger partial charge in [0, 0.05) is 5.92 Å². The zero-order valence-electron chi connectivity index (χ0n) is 15.8. The standard InChI is InChI=1S/C25H24.2ClH.Zr/c1-2-9-18(10-3-1)25(19-11-4-5-12-19)23-16-8-15-22-21-14-7-6-13-20(21)17-24(22)23;;;/h1-2,4-8,11-16,18-19,25H,3,9-10,17H2;2*1H;/q;;;+2/p-2. The maximum absolute atomic E-state index is 2.41. The number of benzene rings is 2. The van der Waals surface area contributed by atoms with Crippen molar-refractivity contribution in [3.63, 3.8) is 0 Å². The molecule has 3 heteroatoms. The molecule has 0 nitrogen and oxygen atoms in total. The Morgan fingerprint density at radius 2 is 1.57 bits per heavy atom. The van der Waals surface area contributed by atoms with Crippen molar-refractivity contribution in [3.8, 4) is 11.1 Å². The second-order valence-electron chi connectivity index (χ2n) is 7.62. The number of hydrogen-bond acceptors (Lipinski definition) is 0. The van der Waals surface area contributed by atoms with Gasteiger partial charge < -0.3 is 24.8 Å². The Morgan fingerprint density at radius 3 is 2.32 bits per heavy atom. The fraction of sp³-hybridized carbons (Fsp3) is 0.280. The Bertz CT molecular complexity index is 885. The summed E-state index contributed by atoms with van der Waals surface area (Å²) in [6.45, 7) is 0. The van der Waals surface area contributed by atoms with E-state index in [-0.39, 0.29) is 51.0 Å². The predicted molar refractivity (Wildman–Crippen MR) is 106 cm³/mol. The summed E-state index contributed by atoms with van der Waals surface area (Å²) < 4.78 is 0. The van der Waals surface area contributed by atoms with Crippen LogP contribution in [0.4, 0.5) is 0 Å². The fourth-order valence-electron chi connectivity index (χ4n) is 5.10. The van der Waals surface area contributed by atoms with E-state index >= 15 is 0 Å². The van der Waals surface area contributed by atoms with Crippen molar-refractivity contribution in [2.75, 3.05) is 0 Å². The Balaban J connectivity index is 0.000000934. The molecule has 0 aromatic heterocycles. The van der Waals surface area contributed by atoms with Crippen LogP contribution < -0.4 is 24.8 Å². The molecule has 2 unspecified atom stereocenters. The summed E-state index contributed by atoms with van der Waals surface area (Å²) >= 11 is 0. The first-order valence-corrected chi connectivity index (χ1v) is 9.62. The molecule has 5 rings (SSSR count). The molecular weight excluding hydrogens is 462 g/mol. The monoisotopic (exact) mass is 484 g/mol. The molecule has 3 aliphatic carbocycles. The summed E-state index contributed by atoms with van der Waals surface area (Å²) in [5.41, 5.74) is 7.58. The van der Waals surface area contributed by atoms with E-state index in [2.05, 4.69) is 78.9 Å². The minimum absolute atomic E-state index is 0. The van der Waals surface area contributed by atoms with E-state index in [1.807, 2.05) is 0 Å². The molecular formula is C25H24Cl2Zr. The Morgan fingerprint density at radius 1 is 0.821 bits per heavy atom. The van der Waals surface area contributed by atoms with Gasteiger partial charge in [-0.1, -0.05) is 78.9 Å². The summed E-state index contributed by atoms with van der Waals surface area (Å²) in [6, 6.07) is 16.0. The summed E-state index contributed by atoms with van der Waals surface area (Å²) in [5, 5.41) is 0. The van der Waals surface area contributed by atoms with Crippen LogP contribution in [0.15, 0.2) is 78.9 Å². The Kier molecular flexibility index (Phi) is 8.56. The topological polar surface area (TPSA) is 0 Å². The van der Waals surface area contributed by atoms with Crippen molar-refractivity contribution in [3.05, 3.63) is 95.6 Å². The first-order chi connectivity index (χ1) is 12.4. The van der Waals surface area contributed by atoms with E-state index in [1.165, 1.54) is 36.0 Å². The first-order valence-electron chi connectivity index (χ1n) is 9.62. The summed E-state index contributed by atoms with van der Waals surface area (Å²) in [6.07, 6.45) is 18.9. The summed E-state index contributed by atoms with van der Waals surface area (Å²) in [5.74, 6) is 1.90. The normalized spacial score (nSPS) is 19.8. The van der Waals surface area contributed by atoms with E-state index in [0.29, 0.717) is 11.8 Å². The molecule has 0 heterocycles. The average molecular weight is 487 g/mol. The Hall–Kier alpha value is -0.877. The quantitative estimate of drug-likeness (QED) is 0.472. The number of allylic oxidation sites excluding steroid dienone is 6. The summed E-state index contributed by atoms with van der Waals surface area (Å²) in [4.78, 5) is 0. The number of hydrogen-bond donors (Lipinski definition) is 0. The van der Waals surface area contributed by atoms with Crippen molar-refractivity contribution in [2.24, 2.45) is 11.8 Å². The number of halogens is 2. The van der Waals surface area contributed by atoms with Crippen LogP contribution in [0.5, 0.6) is 0 Å². The maximum Gasteiger partial charge on any atom is 2.00 e. The van der Waals surface area contributed by atoms with Gasteiger partial charge >= 0.3 is 26.2 Å². The van der Waals surface area contributed by atoms with Crippen molar-refractivity contribution >= 4 is 0 Å². The second kappa shape index (κ2) is 10.2. The van der Waals surface area contributed by atoms with Crippen molar-refractivity contribution in [1.29, 1.82) is 0 Å². The van der Waals surface area contributed by atoms with Crippen LogP contribution in [0, 0.1) is 11.8 Å². The van der Waals surface area contributed by atoms with Gasteiger partial charge in [-0.05, 0) is 65.3 Å². The minimum atomic E-state index is 0. The van der Waals surface area contributed by atoms with Crippen LogP contribution in [0.25, 0.3) is 11.1 Å². The molecule has 0 fully saturated rings. The minimum Gasteiger partial charge on any atom is -1.00 e. The second-order valence-corrected chi connectivity index (χ2v) is 7.62. The van der Waals surface area contributed by atoms with Gasteiger partial charge in [-0.15, -0.1) is 0 Å². The van der Waals surface area contributed by atoms with E-state index in [0.717, 1.165) is 12.3 Å². The molecule has 2 aromatic carbocycles. The van der Waals surface area contributed by atoms with Crippen LogP contribution in [0.1, 0.15) is 41.9 Å².